The Kier molecular flexibility index (Phi) is 4.97. The van der Waals surface area contributed by atoms with Crippen molar-refractivity contribution in [2.75, 3.05) is 18.5 Å². The van der Waals surface area contributed by atoms with Gasteiger partial charge in [0.1, 0.15) is 0 Å². The van der Waals surface area contributed by atoms with Gasteiger partial charge in [-0.05, 0) is 30.2 Å². The fourth-order valence-corrected chi connectivity index (χ4v) is 2.89. The molecule has 0 N–H and O–H groups in total. The van der Waals surface area contributed by atoms with Gasteiger partial charge in [0.05, 0.1) is 6.20 Å². The summed E-state index contributed by atoms with van der Waals surface area (Å²) in [5.41, 5.74) is 2.84. The molecule has 1 fully saturated rings. The number of carbonyl (C=O) groups is 2. The number of aryl methyl sites for hydroxylation is 1. The van der Waals surface area contributed by atoms with Gasteiger partial charge in [0.15, 0.2) is 0 Å². The number of rotatable bonds is 5. The number of benzene rings is 1. The van der Waals surface area contributed by atoms with Crippen molar-refractivity contribution in [2.24, 2.45) is 7.05 Å². The van der Waals surface area contributed by atoms with Gasteiger partial charge in [-0.25, -0.2) is 0 Å². The van der Waals surface area contributed by atoms with Gasteiger partial charge in [0.2, 0.25) is 11.8 Å². The predicted molar refractivity (Wildman–Crippen MR) is 96.7 cm³/mol. The second-order valence-corrected chi connectivity index (χ2v) is 6.29. The molecule has 2 amide bonds. The van der Waals surface area contributed by atoms with Crippen molar-refractivity contribution >= 4 is 23.6 Å². The van der Waals surface area contributed by atoms with Crippen LogP contribution in [0.4, 0.5) is 5.69 Å². The van der Waals surface area contributed by atoms with Gasteiger partial charge in [-0.2, -0.15) is 5.10 Å². The Labute approximate surface area is 147 Å². The summed E-state index contributed by atoms with van der Waals surface area (Å²) in [6.45, 7) is 1.30. The van der Waals surface area contributed by atoms with Gasteiger partial charge >= 0.3 is 0 Å². The summed E-state index contributed by atoms with van der Waals surface area (Å²) in [6.07, 6.45) is 8.54. The summed E-state index contributed by atoms with van der Waals surface area (Å²) < 4.78 is 1.72. The van der Waals surface area contributed by atoms with Crippen LogP contribution in [0.5, 0.6) is 0 Å². The van der Waals surface area contributed by atoms with Crippen LogP contribution in [0.25, 0.3) is 6.08 Å². The molecule has 0 bridgehead atoms. The highest BCUT2D eigenvalue weighted by atomic mass is 16.2. The third-order valence-electron chi connectivity index (χ3n) is 4.25. The molecule has 1 aliphatic rings. The number of hydrogen-bond acceptors (Lipinski definition) is 3. The summed E-state index contributed by atoms with van der Waals surface area (Å²) >= 11 is 0. The fourth-order valence-electron chi connectivity index (χ4n) is 2.89. The highest BCUT2D eigenvalue weighted by Crippen LogP contribution is 2.21. The zero-order chi connectivity index (χ0) is 17.8. The summed E-state index contributed by atoms with van der Waals surface area (Å²) in [5.74, 6) is 0.109. The van der Waals surface area contributed by atoms with Gasteiger partial charge in [-0.3, -0.25) is 14.3 Å². The predicted octanol–water partition coefficient (Wildman–Crippen LogP) is 2.22. The number of aromatic nitrogens is 2. The van der Waals surface area contributed by atoms with E-state index >= 15 is 0 Å². The minimum atomic E-state index is -0.0670. The highest BCUT2D eigenvalue weighted by molar-refractivity contribution is 5.95. The van der Waals surface area contributed by atoms with Crippen LogP contribution in [0.3, 0.4) is 0 Å². The molecule has 6 heteroatoms. The fraction of sp³-hybridized carbons (Fsp3) is 0.316. The van der Waals surface area contributed by atoms with Crippen molar-refractivity contribution in [1.29, 1.82) is 0 Å². The van der Waals surface area contributed by atoms with E-state index in [9.17, 15) is 9.59 Å². The Hall–Kier alpha value is -2.89. The van der Waals surface area contributed by atoms with Crippen molar-refractivity contribution in [3.63, 3.8) is 0 Å². The molecule has 2 aromatic rings. The lowest BCUT2D eigenvalue weighted by Gasteiger charge is -2.15. The largest absolute Gasteiger partial charge is 0.338 e. The number of amides is 2. The molecule has 0 unspecified atom stereocenters. The molecule has 2 heterocycles. The van der Waals surface area contributed by atoms with Crippen LogP contribution in [-0.4, -0.2) is 40.1 Å². The lowest BCUT2D eigenvalue weighted by Crippen LogP contribution is -2.24. The third kappa shape index (κ3) is 4.15. The molecular weight excluding hydrogens is 316 g/mol. The second kappa shape index (κ2) is 7.34. The van der Waals surface area contributed by atoms with E-state index in [1.54, 1.807) is 39.9 Å². The van der Waals surface area contributed by atoms with E-state index in [4.69, 9.17) is 0 Å². The second-order valence-electron chi connectivity index (χ2n) is 6.29. The van der Waals surface area contributed by atoms with E-state index < -0.39 is 0 Å². The monoisotopic (exact) mass is 338 g/mol. The smallest absolute Gasteiger partial charge is 0.246 e. The summed E-state index contributed by atoms with van der Waals surface area (Å²) in [4.78, 5) is 27.4. The topological polar surface area (TPSA) is 58.4 Å². The normalized spacial score (nSPS) is 14.5. The van der Waals surface area contributed by atoms with Crippen LogP contribution in [0.15, 0.2) is 42.7 Å². The molecule has 0 spiro atoms. The minimum Gasteiger partial charge on any atom is -0.338 e. The van der Waals surface area contributed by atoms with Crippen molar-refractivity contribution in [3.8, 4) is 0 Å². The molecule has 0 saturated carbocycles. The van der Waals surface area contributed by atoms with Gasteiger partial charge in [-0.15, -0.1) is 0 Å². The van der Waals surface area contributed by atoms with Crippen molar-refractivity contribution in [2.45, 2.75) is 19.4 Å². The maximum Gasteiger partial charge on any atom is 0.246 e. The Bertz CT molecular complexity index is 792. The molecule has 1 aromatic heterocycles. The van der Waals surface area contributed by atoms with Crippen molar-refractivity contribution < 1.29 is 9.59 Å². The van der Waals surface area contributed by atoms with Crippen LogP contribution in [0, 0.1) is 0 Å². The van der Waals surface area contributed by atoms with E-state index in [-0.39, 0.29) is 11.8 Å². The molecule has 0 aliphatic carbocycles. The first-order valence-corrected chi connectivity index (χ1v) is 8.34. The molecule has 3 rings (SSSR count). The molecule has 25 heavy (non-hydrogen) atoms. The maximum atomic E-state index is 12.2. The van der Waals surface area contributed by atoms with E-state index in [2.05, 4.69) is 5.10 Å². The van der Waals surface area contributed by atoms with E-state index in [0.717, 1.165) is 29.8 Å². The average Bonchev–Trinajstić information content (AvgIpc) is 3.21. The molecular formula is C19H22N4O2. The summed E-state index contributed by atoms with van der Waals surface area (Å²) in [6, 6.07) is 7.69. The molecule has 130 valence electrons. The zero-order valence-electron chi connectivity index (χ0n) is 14.6. The Morgan fingerprint density at radius 1 is 1.32 bits per heavy atom. The van der Waals surface area contributed by atoms with Crippen LogP contribution in [0.2, 0.25) is 0 Å². The molecule has 1 saturated heterocycles. The summed E-state index contributed by atoms with van der Waals surface area (Å²) in [7, 11) is 3.62. The summed E-state index contributed by atoms with van der Waals surface area (Å²) in [5, 5.41) is 4.10. The van der Waals surface area contributed by atoms with Gasteiger partial charge in [0.25, 0.3) is 0 Å². The average molecular weight is 338 g/mol. The Balaban J connectivity index is 1.59. The molecule has 0 radical (unpaired) electrons. The van der Waals surface area contributed by atoms with Crippen molar-refractivity contribution in [3.05, 3.63) is 53.9 Å². The Morgan fingerprint density at radius 3 is 2.68 bits per heavy atom. The SMILES string of the molecule is CN(Cc1cnn(C)c1)C(=O)/C=C/c1ccc(N2CCCC2=O)cc1. The number of carbonyl (C=O) groups excluding carboxylic acids is 2. The first-order valence-electron chi connectivity index (χ1n) is 8.34. The first kappa shape index (κ1) is 17.0. The van der Waals surface area contributed by atoms with Gasteiger partial charge in [-0.1, -0.05) is 12.1 Å². The number of hydrogen-bond donors (Lipinski definition) is 0. The molecule has 1 aromatic carbocycles. The zero-order valence-corrected chi connectivity index (χ0v) is 14.6. The highest BCUT2D eigenvalue weighted by Gasteiger charge is 2.21. The van der Waals surface area contributed by atoms with Crippen molar-refractivity contribution in [1.82, 2.24) is 14.7 Å². The first-order chi connectivity index (χ1) is 12.0. The quantitative estimate of drug-likeness (QED) is 0.786. The number of nitrogens with zero attached hydrogens (tertiary/aromatic N) is 4. The van der Waals surface area contributed by atoms with Crippen LogP contribution in [0.1, 0.15) is 24.0 Å². The van der Waals surface area contributed by atoms with Crippen LogP contribution in [-0.2, 0) is 23.2 Å². The minimum absolute atomic E-state index is 0.0670. The Morgan fingerprint density at radius 2 is 2.08 bits per heavy atom. The number of anilines is 1. The number of likely N-dealkylation sites (N-methyl/N-ethyl adjacent to an activating group) is 1. The molecule has 0 atom stereocenters. The van der Waals surface area contributed by atoms with E-state index in [1.807, 2.05) is 37.5 Å². The molecule has 6 nitrogen and oxygen atoms in total. The van der Waals surface area contributed by atoms with Gasteiger partial charge in [0, 0.05) is 57.1 Å². The van der Waals surface area contributed by atoms with Crippen LogP contribution >= 0.6 is 0 Å². The third-order valence-corrected chi connectivity index (χ3v) is 4.25. The molecule has 1 aliphatic heterocycles. The van der Waals surface area contributed by atoms with Crippen LogP contribution < -0.4 is 4.90 Å². The lowest BCUT2D eigenvalue weighted by atomic mass is 10.2. The maximum absolute atomic E-state index is 12.2. The van der Waals surface area contributed by atoms with Gasteiger partial charge < -0.3 is 9.80 Å². The lowest BCUT2D eigenvalue weighted by molar-refractivity contribution is -0.125. The van der Waals surface area contributed by atoms with E-state index in [1.165, 1.54) is 0 Å². The van der Waals surface area contributed by atoms with E-state index in [0.29, 0.717) is 13.0 Å². The standard InChI is InChI=1S/C19H22N4O2/c1-21(13-16-12-20-22(2)14-16)18(24)10-7-15-5-8-17(9-6-15)23-11-3-4-19(23)25/h5-10,12,14H,3-4,11,13H2,1-2H3/b10-7+.